The molecule has 2 aromatic rings. The van der Waals surface area contributed by atoms with Crippen LogP contribution in [0.5, 0.6) is 0 Å². The number of carbonyl (C=O) groups excluding carboxylic acids is 1. The van der Waals surface area contributed by atoms with Crippen LogP contribution in [0.1, 0.15) is 5.82 Å². The van der Waals surface area contributed by atoms with E-state index in [1.807, 2.05) is 31.3 Å². The van der Waals surface area contributed by atoms with Gasteiger partial charge in [0.05, 0.1) is 17.6 Å². The van der Waals surface area contributed by atoms with E-state index in [2.05, 4.69) is 9.47 Å². The standard InChI is InChI=1S/C19H25N5O3/c1-21(2)18(27)24-9-13-8-23(11-19(13,12-24)17(25)26)10-16-20-14-6-4-5-7-15(14)22(16)3/h4-7,13H,8-12H2,1-3H3,(H,25,26). The minimum Gasteiger partial charge on any atom is -0.481 e. The van der Waals surface area contributed by atoms with Crippen LogP contribution in [0.25, 0.3) is 11.0 Å². The van der Waals surface area contributed by atoms with Crippen molar-refractivity contribution in [1.29, 1.82) is 0 Å². The Morgan fingerprint density at radius 2 is 2.00 bits per heavy atom. The van der Waals surface area contributed by atoms with Gasteiger partial charge in [-0.25, -0.2) is 9.78 Å². The molecule has 2 fully saturated rings. The van der Waals surface area contributed by atoms with Gasteiger partial charge in [-0.05, 0) is 12.1 Å². The number of para-hydroxylation sites is 2. The van der Waals surface area contributed by atoms with Crippen molar-refractivity contribution in [2.45, 2.75) is 6.54 Å². The van der Waals surface area contributed by atoms with E-state index in [4.69, 9.17) is 4.98 Å². The van der Waals surface area contributed by atoms with Gasteiger partial charge in [0.25, 0.3) is 0 Å². The Labute approximate surface area is 158 Å². The molecule has 2 aliphatic rings. The number of aromatic nitrogens is 2. The highest BCUT2D eigenvalue weighted by atomic mass is 16.4. The lowest BCUT2D eigenvalue weighted by Crippen LogP contribution is -2.44. The molecule has 3 heterocycles. The van der Waals surface area contributed by atoms with Crippen LogP contribution >= 0.6 is 0 Å². The summed E-state index contributed by atoms with van der Waals surface area (Å²) in [4.78, 5) is 34.5. The van der Waals surface area contributed by atoms with Gasteiger partial charge in [-0.3, -0.25) is 9.69 Å². The number of fused-ring (bicyclic) bond motifs is 2. The SMILES string of the molecule is CN(C)C(=O)N1CC2CN(Cc3nc4ccccc4n3C)CC2(C(=O)O)C1. The maximum absolute atomic E-state index is 12.3. The molecule has 4 rings (SSSR count). The normalized spacial score (nSPS) is 25.1. The second-order valence-electron chi connectivity index (χ2n) is 7.96. The minimum atomic E-state index is -0.893. The maximum Gasteiger partial charge on any atom is 0.319 e. The fourth-order valence-corrected chi connectivity index (χ4v) is 4.56. The number of likely N-dealkylation sites (tertiary alicyclic amines) is 2. The summed E-state index contributed by atoms with van der Waals surface area (Å²) in [6.07, 6.45) is 0. The smallest absolute Gasteiger partial charge is 0.319 e. The van der Waals surface area contributed by atoms with Gasteiger partial charge in [-0.2, -0.15) is 0 Å². The van der Waals surface area contributed by atoms with Crippen LogP contribution in [-0.2, 0) is 18.4 Å². The van der Waals surface area contributed by atoms with Gasteiger partial charge in [0.1, 0.15) is 11.2 Å². The van der Waals surface area contributed by atoms with Crippen molar-refractivity contribution >= 4 is 23.0 Å². The number of nitrogens with zero attached hydrogens (tertiary/aromatic N) is 5. The average Bonchev–Trinajstić information content (AvgIpc) is 3.24. The monoisotopic (exact) mass is 371 g/mol. The summed E-state index contributed by atoms with van der Waals surface area (Å²) in [5.74, 6) is 0.0561. The lowest BCUT2D eigenvalue weighted by molar-refractivity contribution is -0.148. The molecular weight excluding hydrogens is 346 g/mol. The minimum absolute atomic E-state index is 0.0615. The van der Waals surface area contributed by atoms with E-state index >= 15 is 0 Å². The van der Waals surface area contributed by atoms with Crippen LogP contribution in [0.4, 0.5) is 4.79 Å². The molecule has 2 unspecified atom stereocenters. The lowest BCUT2D eigenvalue weighted by Gasteiger charge is -2.27. The van der Waals surface area contributed by atoms with Crippen molar-refractivity contribution in [3.8, 4) is 0 Å². The molecule has 8 nitrogen and oxygen atoms in total. The quantitative estimate of drug-likeness (QED) is 0.873. The zero-order chi connectivity index (χ0) is 19.3. The van der Waals surface area contributed by atoms with Gasteiger partial charge >= 0.3 is 12.0 Å². The van der Waals surface area contributed by atoms with E-state index in [1.165, 1.54) is 4.90 Å². The number of carboxylic acids is 1. The predicted octanol–water partition coefficient (Wildman–Crippen LogP) is 1.07. The van der Waals surface area contributed by atoms with Crippen molar-refractivity contribution < 1.29 is 14.7 Å². The van der Waals surface area contributed by atoms with Crippen LogP contribution in [0.2, 0.25) is 0 Å². The van der Waals surface area contributed by atoms with E-state index in [1.54, 1.807) is 19.0 Å². The van der Waals surface area contributed by atoms with E-state index in [-0.39, 0.29) is 18.5 Å². The number of aliphatic carboxylic acids is 1. The van der Waals surface area contributed by atoms with E-state index in [0.717, 1.165) is 16.9 Å². The second-order valence-corrected chi connectivity index (χ2v) is 7.96. The van der Waals surface area contributed by atoms with Crippen molar-refractivity contribution in [3.63, 3.8) is 0 Å². The number of benzene rings is 1. The van der Waals surface area contributed by atoms with E-state index in [0.29, 0.717) is 26.2 Å². The van der Waals surface area contributed by atoms with Crippen LogP contribution in [0.3, 0.4) is 0 Å². The summed E-state index contributed by atoms with van der Waals surface area (Å²) in [6, 6.07) is 7.86. The zero-order valence-corrected chi connectivity index (χ0v) is 15.9. The third-order valence-electron chi connectivity index (χ3n) is 6.00. The molecule has 1 aromatic heterocycles. The van der Waals surface area contributed by atoms with Gasteiger partial charge in [0.2, 0.25) is 0 Å². The predicted molar refractivity (Wildman–Crippen MR) is 100 cm³/mol. The van der Waals surface area contributed by atoms with E-state index in [9.17, 15) is 14.7 Å². The van der Waals surface area contributed by atoms with Crippen LogP contribution < -0.4 is 0 Å². The first-order valence-corrected chi connectivity index (χ1v) is 9.14. The topological polar surface area (TPSA) is 81.9 Å². The molecule has 8 heteroatoms. The number of hydrogen-bond acceptors (Lipinski definition) is 4. The lowest BCUT2D eigenvalue weighted by atomic mass is 9.81. The first-order valence-electron chi connectivity index (χ1n) is 9.14. The highest BCUT2D eigenvalue weighted by Gasteiger charge is 2.58. The summed E-state index contributed by atoms with van der Waals surface area (Å²) in [5, 5.41) is 9.97. The zero-order valence-electron chi connectivity index (χ0n) is 15.9. The number of carboxylic acid groups (broad SMARTS) is 1. The molecule has 27 heavy (non-hydrogen) atoms. The van der Waals surface area contributed by atoms with Crippen molar-refractivity contribution in [1.82, 2.24) is 24.3 Å². The third kappa shape index (κ3) is 2.75. The molecule has 2 saturated heterocycles. The first-order chi connectivity index (χ1) is 12.8. The maximum atomic E-state index is 12.3. The second kappa shape index (κ2) is 6.23. The summed E-state index contributed by atoms with van der Waals surface area (Å²) >= 11 is 0. The highest BCUT2D eigenvalue weighted by Crippen LogP contribution is 2.43. The Balaban J connectivity index is 1.54. The van der Waals surface area contributed by atoms with Crippen molar-refractivity contribution in [2.24, 2.45) is 18.4 Å². The number of carbonyl (C=O) groups is 2. The third-order valence-corrected chi connectivity index (χ3v) is 6.00. The number of imidazole rings is 1. The van der Waals surface area contributed by atoms with Gasteiger partial charge in [0, 0.05) is 53.2 Å². The molecular formula is C19H25N5O3. The number of urea groups is 1. The fraction of sp³-hybridized carbons (Fsp3) is 0.526. The van der Waals surface area contributed by atoms with Gasteiger partial charge < -0.3 is 19.5 Å². The van der Waals surface area contributed by atoms with Crippen molar-refractivity contribution in [2.75, 3.05) is 40.3 Å². The number of aryl methyl sites for hydroxylation is 1. The molecule has 1 N–H and O–H groups in total. The Bertz CT molecular complexity index is 908. The first kappa shape index (κ1) is 17.8. The molecule has 2 atom stereocenters. The summed E-state index contributed by atoms with van der Waals surface area (Å²) in [6.45, 7) is 2.46. The Kier molecular flexibility index (Phi) is 4.10. The molecule has 2 aliphatic heterocycles. The largest absolute Gasteiger partial charge is 0.481 e. The van der Waals surface area contributed by atoms with Crippen molar-refractivity contribution in [3.05, 3.63) is 30.1 Å². The van der Waals surface area contributed by atoms with Gasteiger partial charge in [0.15, 0.2) is 0 Å². The fourth-order valence-electron chi connectivity index (χ4n) is 4.56. The summed E-state index contributed by atoms with van der Waals surface area (Å²) in [7, 11) is 5.38. The van der Waals surface area contributed by atoms with Crippen LogP contribution in [-0.4, -0.2) is 81.6 Å². The average molecular weight is 371 g/mol. The summed E-state index contributed by atoms with van der Waals surface area (Å²) < 4.78 is 2.07. The molecule has 0 radical (unpaired) electrons. The molecule has 0 spiro atoms. The molecule has 1 aromatic carbocycles. The summed E-state index contributed by atoms with van der Waals surface area (Å²) in [5.41, 5.74) is 1.13. The Morgan fingerprint density at radius 1 is 1.26 bits per heavy atom. The highest BCUT2D eigenvalue weighted by molar-refractivity contribution is 5.81. The number of amides is 2. The molecule has 0 bridgehead atoms. The Morgan fingerprint density at radius 3 is 2.63 bits per heavy atom. The molecule has 2 amide bonds. The van der Waals surface area contributed by atoms with Gasteiger partial charge in [-0.15, -0.1) is 0 Å². The number of rotatable bonds is 3. The van der Waals surface area contributed by atoms with Crippen LogP contribution in [0, 0.1) is 11.3 Å². The van der Waals surface area contributed by atoms with Gasteiger partial charge in [-0.1, -0.05) is 12.1 Å². The van der Waals surface area contributed by atoms with E-state index < -0.39 is 11.4 Å². The van der Waals surface area contributed by atoms with Crippen LogP contribution in [0.15, 0.2) is 24.3 Å². The molecule has 144 valence electrons. The Hall–Kier alpha value is -2.61. The molecule has 0 saturated carbocycles. The molecule has 0 aliphatic carbocycles. The number of hydrogen-bond donors (Lipinski definition) is 1.